The van der Waals surface area contributed by atoms with Gasteiger partial charge in [-0.25, -0.2) is 9.97 Å². The number of thioether (sulfide) groups is 1. The van der Waals surface area contributed by atoms with Crippen LogP contribution in [0, 0.1) is 0 Å². The Morgan fingerprint density at radius 3 is 2.69 bits per heavy atom. The van der Waals surface area contributed by atoms with Gasteiger partial charge in [0.25, 0.3) is 0 Å². The van der Waals surface area contributed by atoms with Gasteiger partial charge in [-0.2, -0.15) is 0 Å². The van der Waals surface area contributed by atoms with Crippen molar-refractivity contribution in [1.82, 2.24) is 14.9 Å². The third-order valence-electron chi connectivity index (χ3n) is 4.63. The number of nitrogens with zero attached hydrogens (tertiary/aromatic N) is 4. The minimum Gasteiger partial charge on any atom is -0.360 e. The van der Waals surface area contributed by atoms with Crippen LogP contribution in [0.15, 0.2) is 11.2 Å². The van der Waals surface area contributed by atoms with E-state index in [9.17, 15) is 4.79 Å². The van der Waals surface area contributed by atoms with E-state index < -0.39 is 5.79 Å². The van der Waals surface area contributed by atoms with Crippen LogP contribution in [0.1, 0.15) is 26.2 Å². The zero-order chi connectivity index (χ0) is 18.6. The Morgan fingerprint density at radius 2 is 2.04 bits per heavy atom. The zero-order valence-electron chi connectivity index (χ0n) is 15.2. The molecule has 144 valence electrons. The topological polar surface area (TPSA) is 67.8 Å². The molecule has 2 fully saturated rings. The Hall–Kier alpha value is -1.09. The maximum Gasteiger partial charge on any atom is 0.233 e. The van der Waals surface area contributed by atoms with E-state index in [-0.39, 0.29) is 5.91 Å². The number of carbonyl (C=O) groups is 1. The van der Waals surface area contributed by atoms with Gasteiger partial charge in [-0.1, -0.05) is 30.3 Å². The summed E-state index contributed by atoms with van der Waals surface area (Å²) >= 11 is 7.44. The lowest BCUT2D eigenvalue weighted by atomic mass is 10.0. The lowest BCUT2D eigenvalue weighted by Crippen LogP contribution is -2.47. The SMILES string of the molecule is CCCN(C)c1cc(Cl)nc(SCC(=O)N2CCC3(CC2)OCCO3)n1. The highest BCUT2D eigenvalue weighted by molar-refractivity contribution is 7.99. The van der Waals surface area contributed by atoms with Gasteiger partial charge in [0, 0.05) is 45.6 Å². The smallest absolute Gasteiger partial charge is 0.233 e. The van der Waals surface area contributed by atoms with E-state index in [1.807, 2.05) is 16.8 Å². The predicted octanol–water partition coefficient (Wildman–Crippen LogP) is 2.43. The van der Waals surface area contributed by atoms with Gasteiger partial charge in [-0.05, 0) is 6.42 Å². The van der Waals surface area contributed by atoms with Crippen LogP contribution >= 0.6 is 23.4 Å². The fourth-order valence-electron chi connectivity index (χ4n) is 3.20. The van der Waals surface area contributed by atoms with Gasteiger partial charge >= 0.3 is 0 Å². The molecule has 1 spiro atoms. The highest BCUT2D eigenvalue weighted by Gasteiger charge is 2.40. The Bertz CT molecular complexity index is 632. The van der Waals surface area contributed by atoms with Gasteiger partial charge in [0.2, 0.25) is 5.91 Å². The van der Waals surface area contributed by atoms with E-state index >= 15 is 0 Å². The van der Waals surface area contributed by atoms with Gasteiger partial charge in [0.15, 0.2) is 10.9 Å². The molecule has 9 heteroatoms. The number of anilines is 1. The number of ether oxygens (including phenoxy) is 2. The summed E-state index contributed by atoms with van der Waals surface area (Å²) in [5, 5.41) is 0.920. The molecule has 2 aliphatic rings. The molecule has 1 aromatic heterocycles. The minimum absolute atomic E-state index is 0.0786. The van der Waals surface area contributed by atoms with E-state index in [0.29, 0.717) is 42.4 Å². The first-order chi connectivity index (χ1) is 12.5. The first-order valence-corrected chi connectivity index (χ1v) is 10.3. The summed E-state index contributed by atoms with van der Waals surface area (Å²) in [5.74, 6) is 0.692. The number of rotatable bonds is 6. The first kappa shape index (κ1) is 19.7. The standard InChI is InChI=1S/C17H25ClN4O3S/c1-3-6-21(2)14-11-13(18)19-16(20-14)26-12-15(23)22-7-4-17(5-8-22)24-9-10-25-17/h11H,3-10,12H2,1-2H3. The molecule has 1 amide bonds. The molecule has 7 nitrogen and oxygen atoms in total. The number of hydrogen-bond donors (Lipinski definition) is 0. The third kappa shape index (κ3) is 4.79. The second-order valence-electron chi connectivity index (χ2n) is 6.53. The van der Waals surface area contributed by atoms with Crippen LogP contribution in [0.2, 0.25) is 5.15 Å². The third-order valence-corrected chi connectivity index (χ3v) is 5.65. The lowest BCUT2D eigenvalue weighted by Gasteiger charge is -2.37. The van der Waals surface area contributed by atoms with Gasteiger partial charge in [-0.3, -0.25) is 4.79 Å². The van der Waals surface area contributed by atoms with E-state index in [1.54, 1.807) is 6.07 Å². The molecule has 0 bridgehead atoms. The molecule has 0 saturated carbocycles. The van der Waals surface area contributed by atoms with Crippen molar-refractivity contribution in [1.29, 1.82) is 0 Å². The molecule has 0 radical (unpaired) electrons. The van der Waals surface area contributed by atoms with Gasteiger partial charge in [0.05, 0.1) is 19.0 Å². The van der Waals surface area contributed by atoms with Crippen LogP contribution in [-0.4, -0.2) is 72.2 Å². The minimum atomic E-state index is -0.460. The molecule has 2 aliphatic heterocycles. The quantitative estimate of drug-likeness (QED) is 0.412. The summed E-state index contributed by atoms with van der Waals surface area (Å²) in [7, 11) is 1.97. The molecule has 1 aromatic rings. The monoisotopic (exact) mass is 400 g/mol. The average Bonchev–Trinajstić information content (AvgIpc) is 3.08. The molecule has 0 atom stereocenters. The van der Waals surface area contributed by atoms with E-state index in [4.69, 9.17) is 21.1 Å². The molecular weight excluding hydrogens is 376 g/mol. The summed E-state index contributed by atoms with van der Waals surface area (Å²) < 4.78 is 11.4. The summed E-state index contributed by atoms with van der Waals surface area (Å²) in [5.41, 5.74) is 0. The van der Waals surface area contributed by atoms with Crippen LogP contribution in [0.4, 0.5) is 5.82 Å². The average molecular weight is 401 g/mol. The molecule has 0 aliphatic carbocycles. The van der Waals surface area contributed by atoms with Crippen LogP contribution in [0.25, 0.3) is 0 Å². The van der Waals surface area contributed by atoms with Crippen molar-refractivity contribution in [3.05, 3.63) is 11.2 Å². The number of carbonyl (C=O) groups excluding carboxylic acids is 1. The van der Waals surface area contributed by atoms with Gasteiger partial charge in [0.1, 0.15) is 11.0 Å². The first-order valence-electron chi connectivity index (χ1n) is 8.95. The number of hydrogen-bond acceptors (Lipinski definition) is 7. The lowest BCUT2D eigenvalue weighted by molar-refractivity contribution is -0.186. The van der Waals surface area contributed by atoms with Gasteiger partial charge < -0.3 is 19.3 Å². The largest absolute Gasteiger partial charge is 0.360 e. The van der Waals surface area contributed by atoms with Crippen molar-refractivity contribution in [2.24, 2.45) is 0 Å². The summed E-state index contributed by atoms with van der Waals surface area (Å²) in [6.45, 7) is 5.59. The van der Waals surface area contributed by atoms with Crippen molar-refractivity contribution in [2.75, 3.05) is 50.5 Å². The normalized spacial score (nSPS) is 19.1. The predicted molar refractivity (Wildman–Crippen MR) is 102 cm³/mol. The zero-order valence-corrected chi connectivity index (χ0v) is 16.8. The summed E-state index contributed by atoms with van der Waals surface area (Å²) in [6.07, 6.45) is 2.47. The van der Waals surface area contributed by atoms with Crippen molar-refractivity contribution < 1.29 is 14.3 Å². The van der Waals surface area contributed by atoms with E-state index in [1.165, 1.54) is 11.8 Å². The number of piperidine rings is 1. The molecular formula is C17H25ClN4O3S. The highest BCUT2D eigenvalue weighted by Crippen LogP contribution is 2.31. The molecule has 0 unspecified atom stereocenters. The number of amides is 1. The Balaban J connectivity index is 1.53. The number of halogens is 1. The van der Waals surface area contributed by atoms with Crippen LogP contribution < -0.4 is 4.90 Å². The maximum absolute atomic E-state index is 12.5. The van der Waals surface area contributed by atoms with E-state index in [0.717, 1.165) is 31.6 Å². The van der Waals surface area contributed by atoms with Crippen LogP contribution in [0.3, 0.4) is 0 Å². The molecule has 2 saturated heterocycles. The fraction of sp³-hybridized carbons (Fsp3) is 0.706. The molecule has 0 aromatic carbocycles. The van der Waals surface area contributed by atoms with Crippen molar-refractivity contribution in [2.45, 2.75) is 37.1 Å². The number of aromatic nitrogens is 2. The Morgan fingerprint density at radius 1 is 1.35 bits per heavy atom. The number of likely N-dealkylation sites (tertiary alicyclic amines) is 1. The van der Waals surface area contributed by atoms with Crippen molar-refractivity contribution in [3.8, 4) is 0 Å². The highest BCUT2D eigenvalue weighted by atomic mass is 35.5. The molecule has 3 rings (SSSR count). The van der Waals surface area contributed by atoms with Crippen LogP contribution in [0.5, 0.6) is 0 Å². The van der Waals surface area contributed by atoms with Crippen molar-refractivity contribution >= 4 is 35.1 Å². The second-order valence-corrected chi connectivity index (χ2v) is 7.86. The maximum atomic E-state index is 12.5. The fourth-order valence-corrected chi connectivity index (χ4v) is 4.18. The van der Waals surface area contributed by atoms with E-state index in [2.05, 4.69) is 16.9 Å². The van der Waals surface area contributed by atoms with Crippen LogP contribution in [-0.2, 0) is 14.3 Å². The summed E-state index contributed by atoms with van der Waals surface area (Å²) in [6, 6.07) is 1.74. The summed E-state index contributed by atoms with van der Waals surface area (Å²) in [4.78, 5) is 25.1. The van der Waals surface area contributed by atoms with Gasteiger partial charge in [-0.15, -0.1) is 0 Å². The Labute approximate surface area is 163 Å². The van der Waals surface area contributed by atoms with Crippen molar-refractivity contribution in [3.63, 3.8) is 0 Å². The molecule has 3 heterocycles. The second kappa shape index (κ2) is 8.73. The Kier molecular flexibility index (Phi) is 6.60. The molecule has 26 heavy (non-hydrogen) atoms. The molecule has 0 N–H and O–H groups in total.